The number of halogens is 1. The first-order chi connectivity index (χ1) is 10.9. The quantitative estimate of drug-likeness (QED) is 0.520. The van der Waals surface area contributed by atoms with Crippen molar-refractivity contribution in [3.63, 3.8) is 0 Å². The van der Waals surface area contributed by atoms with Gasteiger partial charge < -0.3 is 20.5 Å². The summed E-state index contributed by atoms with van der Waals surface area (Å²) in [6.07, 6.45) is 0.956. The van der Waals surface area contributed by atoms with Gasteiger partial charge in [-0.1, -0.05) is 19.1 Å². The van der Waals surface area contributed by atoms with Crippen LogP contribution in [0, 0.1) is 5.92 Å². The number of methoxy groups -OCH3 is 1. The number of esters is 1. The van der Waals surface area contributed by atoms with E-state index in [4.69, 9.17) is 10.5 Å². The topological polar surface area (TPSA) is 90.6 Å². The van der Waals surface area contributed by atoms with E-state index >= 15 is 0 Å². The molecular weight excluding hydrogens is 332 g/mol. The van der Waals surface area contributed by atoms with Gasteiger partial charge in [0.15, 0.2) is 0 Å². The van der Waals surface area contributed by atoms with E-state index in [9.17, 15) is 9.59 Å². The highest BCUT2D eigenvalue weighted by atomic mass is 35.5. The second kappa shape index (κ2) is 11.7. The van der Waals surface area contributed by atoms with E-state index in [-0.39, 0.29) is 36.2 Å². The van der Waals surface area contributed by atoms with Crippen molar-refractivity contribution in [2.24, 2.45) is 11.7 Å². The molecular formula is C17H27ClN2O4. The summed E-state index contributed by atoms with van der Waals surface area (Å²) < 4.78 is 10.1. The zero-order chi connectivity index (χ0) is 17.2. The lowest BCUT2D eigenvalue weighted by molar-refractivity contribution is -0.140. The molecule has 24 heavy (non-hydrogen) atoms. The molecule has 2 unspecified atom stereocenters. The summed E-state index contributed by atoms with van der Waals surface area (Å²) in [7, 11) is 1.37. The molecule has 0 aromatic heterocycles. The summed E-state index contributed by atoms with van der Waals surface area (Å²) in [6, 6.07) is 7.30. The minimum absolute atomic E-state index is 0. The number of carbonyl (C=O) groups is 2. The van der Waals surface area contributed by atoms with Crippen LogP contribution in [0.15, 0.2) is 24.3 Å². The summed E-state index contributed by atoms with van der Waals surface area (Å²) in [5, 5.41) is 2.86. The van der Waals surface area contributed by atoms with Gasteiger partial charge in [0.25, 0.3) is 0 Å². The molecule has 2 atom stereocenters. The molecule has 0 bridgehead atoms. The van der Waals surface area contributed by atoms with Crippen molar-refractivity contribution in [3.05, 3.63) is 29.8 Å². The number of carbonyl (C=O) groups excluding carboxylic acids is 2. The monoisotopic (exact) mass is 358 g/mol. The van der Waals surface area contributed by atoms with Crippen molar-refractivity contribution in [2.75, 3.05) is 13.7 Å². The van der Waals surface area contributed by atoms with Crippen LogP contribution in [0.4, 0.5) is 0 Å². The zero-order valence-corrected chi connectivity index (χ0v) is 15.2. The van der Waals surface area contributed by atoms with E-state index in [1.54, 1.807) is 0 Å². The number of rotatable bonds is 9. The van der Waals surface area contributed by atoms with Crippen molar-refractivity contribution < 1.29 is 19.1 Å². The molecule has 0 aliphatic heterocycles. The van der Waals surface area contributed by atoms with Crippen LogP contribution in [0.5, 0.6) is 5.75 Å². The van der Waals surface area contributed by atoms with Gasteiger partial charge in [-0.2, -0.15) is 0 Å². The van der Waals surface area contributed by atoms with Crippen LogP contribution in [0.2, 0.25) is 0 Å². The number of nitrogens with two attached hydrogens (primary N) is 1. The van der Waals surface area contributed by atoms with Crippen LogP contribution in [0.1, 0.15) is 32.3 Å². The molecule has 0 saturated heterocycles. The fourth-order valence-electron chi connectivity index (χ4n) is 1.80. The Morgan fingerprint density at radius 2 is 1.83 bits per heavy atom. The lowest BCUT2D eigenvalue weighted by Gasteiger charge is -2.15. The van der Waals surface area contributed by atoms with Crippen molar-refractivity contribution in [1.29, 1.82) is 0 Å². The van der Waals surface area contributed by atoms with Crippen LogP contribution in [-0.2, 0) is 20.9 Å². The number of hydrogen-bond acceptors (Lipinski definition) is 5. The molecule has 3 N–H and O–H groups in total. The van der Waals surface area contributed by atoms with Gasteiger partial charge in [-0.05, 0) is 31.0 Å². The van der Waals surface area contributed by atoms with E-state index < -0.39 is 0 Å². The Labute approximate surface area is 149 Å². The standard InChI is InChI=1S/C17H26N2O4.ClH/c1-12(13(2)18)17(21)19-11-14-6-8-15(9-7-14)23-10-4-5-16(20)22-3;/h6-9,12-13H,4-5,10-11,18H2,1-3H3,(H,19,21);1H. The second-order valence-corrected chi connectivity index (χ2v) is 5.54. The molecule has 0 spiro atoms. The van der Waals surface area contributed by atoms with Gasteiger partial charge in [-0.25, -0.2) is 0 Å². The Kier molecular flexibility index (Phi) is 10.8. The molecule has 7 heteroatoms. The maximum atomic E-state index is 11.8. The molecule has 0 radical (unpaired) electrons. The van der Waals surface area contributed by atoms with Crippen molar-refractivity contribution in [1.82, 2.24) is 5.32 Å². The third kappa shape index (κ3) is 8.17. The fraction of sp³-hybridized carbons (Fsp3) is 0.529. The van der Waals surface area contributed by atoms with E-state index in [0.29, 0.717) is 26.0 Å². The number of benzene rings is 1. The Hall–Kier alpha value is -1.79. The first kappa shape index (κ1) is 22.2. The van der Waals surface area contributed by atoms with Crippen LogP contribution in [0.25, 0.3) is 0 Å². The lowest BCUT2D eigenvalue weighted by atomic mass is 10.0. The highest BCUT2D eigenvalue weighted by molar-refractivity contribution is 5.85. The summed E-state index contributed by atoms with van der Waals surface area (Å²) in [5.41, 5.74) is 6.69. The summed E-state index contributed by atoms with van der Waals surface area (Å²) >= 11 is 0. The van der Waals surface area contributed by atoms with E-state index in [1.165, 1.54) is 7.11 Å². The second-order valence-electron chi connectivity index (χ2n) is 5.54. The molecule has 0 heterocycles. The third-order valence-corrected chi connectivity index (χ3v) is 3.61. The smallest absolute Gasteiger partial charge is 0.305 e. The number of amides is 1. The van der Waals surface area contributed by atoms with Gasteiger partial charge in [-0.3, -0.25) is 9.59 Å². The minimum atomic E-state index is -0.235. The molecule has 136 valence electrons. The SMILES string of the molecule is COC(=O)CCCOc1ccc(CNC(=O)C(C)C(C)N)cc1.Cl. The van der Waals surface area contributed by atoms with Crippen molar-refractivity contribution in [2.45, 2.75) is 39.3 Å². The Morgan fingerprint density at radius 3 is 2.38 bits per heavy atom. The average molecular weight is 359 g/mol. The summed E-state index contributed by atoms with van der Waals surface area (Å²) in [5.74, 6) is 0.227. The normalized spacial score (nSPS) is 12.5. The largest absolute Gasteiger partial charge is 0.494 e. The van der Waals surface area contributed by atoms with Crippen molar-refractivity contribution in [3.8, 4) is 5.75 Å². The third-order valence-electron chi connectivity index (χ3n) is 3.61. The van der Waals surface area contributed by atoms with Gasteiger partial charge in [0.1, 0.15) is 5.75 Å². The molecule has 0 saturated carbocycles. The average Bonchev–Trinajstić information content (AvgIpc) is 2.56. The highest BCUT2D eigenvalue weighted by Crippen LogP contribution is 2.13. The lowest BCUT2D eigenvalue weighted by Crippen LogP contribution is -2.38. The molecule has 6 nitrogen and oxygen atoms in total. The molecule has 1 aromatic rings. The zero-order valence-electron chi connectivity index (χ0n) is 14.4. The van der Waals surface area contributed by atoms with Gasteiger partial charge in [0.05, 0.1) is 13.7 Å². The summed E-state index contributed by atoms with van der Waals surface area (Å²) in [4.78, 5) is 22.8. The first-order valence-corrected chi connectivity index (χ1v) is 7.76. The van der Waals surface area contributed by atoms with E-state index in [2.05, 4.69) is 10.1 Å². The minimum Gasteiger partial charge on any atom is -0.494 e. The number of nitrogens with one attached hydrogen (secondary N) is 1. The molecule has 0 aliphatic carbocycles. The number of ether oxygens (including phenoxy) is 2. The maximum absolute atomic E-state index is 11.8. The predicted molar refractivity (Wildman–Crippen MR) is 95.1 cm³/mol. The maximum Gasteiger partial charge on any atom is 0.305 e. The highest BCUT2D eigenvalue weighted by Gasteiger charge is 2.16. The fourth-order valence-corrected chi connectivity index (χ4v) is 1.80. The van der Waals surface area contributed by atoms with Gasteiger partial charge in [0.2, 0.25) is 5.91 Å². The van der Waals surface area contributed by atoms with Gasteiger partial charge >= 0.3 is 5.97 Å². The summed E-state index contributed by atoms with van der Waals surface area (Å²) in [6.45, 7) is 4.54. The Bertz CT molecular complexity index is 506. The van der Waals surface area contributed by atoms with Gasteiger partial charge in [-0.15, -0.1) is 12.4 Å². The Balaban J connectivity index is 0.00000529. The first-order valence-electron chi connectivity index (χ1n) is 7.76. The number of hydrogen-bond donors (Lipinski definition) is 2. The molecule has 0 fully saturated rings. The van der Waals surface area contributed by atoms with Gasteiger partial charge in [0, 0.05) is 24.9 Å². The van der Waals surface area contributed by atoms with Crippen molar-refractivity contribution >= 4 is 24.3 Å². The van der Waals surface area contributed by atoms with Crippen LogP contribution in [-0.4, -0.2) is 31.6 Å². The molecule has 1 rings (SSSR count). The predicted octanol–water partition coefficient (Wildman–Crippen LogP) is 2.04. The Morgan fingerprint density at radius 1 is 1.21 bits per heavy atom. The van der Waals surface area contributed by atoms with Crippen LogP contribution < -0.4 is 15.8 Å². The van der Waals surface area contributed by atoms with Crippen LogP contribution in [0.3, 0.4) is 0 Å². The molecule has 1 aromatic carbocycles. The van der Waals surface area contributed by atoms with E-state index in [0.717, 1.165) is 11.3 Å². The van der Waals surface area contributed by atoms with E-state index in [1.807, 2.05) is 38.1 Å². The van der Waals surface area contributed by atoms with Crippen LogP contribution >= 0.6 is 12.4 Å². The molecule has 0 aliphatic rings. The molecule has 1 amide bonds.